The fourth-order valence-corrected chi connectivity index (χ4v) is 9.69. The minimum absolute atomic E-state index is 0.00388. The van der Waals surface area contributed by atoms with Gasteiger partial charge in [-0.25, -0.2) is 0 Å². The Morgan fingerprint density at radius 1 is 1.03 bits per heavy atom. The third kappa shape index (κ3) is 5.10. The van der Waals surface area contributed by atoms with Crippen LogP contribution in [-0.2, 0) is 9.53 Å². The van der Waals surface area contributed by atoms with Crippen molar-refractivity contribution in [1.29, 1.82) is 0 Å². The summed E-state index contributed by atoms with van der Waals surface area (Å²) >= 11 is 0. The van der Waals surface area contributed by atoms with E-state index in [0.717, 1.165) is 55.1 Å². The molecule has 4 fully saturated rings. The van der Waals surface area contributed by atoms with E-state index in [4.69, 9.17) is 4.74 Å². The van der Waals surface area contributed by atoms with Crippen LogP contribution >= 0.6 is 0 Å². The monoisotopic (exact) mass is 474 g/mol. The van der Waals surface area contributed by atoms with Gasteiger partial charge in [0, 0.05) is 25.6 Å². The fourth-order valence-electron chi connectivity index (χ4n) is 9.69. The lowest BCUT2D eigenvalue weighted by Gasteiger charge is -2.61. The molecule has 4 saturated carbocycles. The molecule has 196 valence electrons. The van der Waals surface area contributed by atoms with Crippen LogP contribution in [0.3, 0.4) is 0 Å². The Labute approximate surface area is 210 Å². The Balaban J connectivity index is 1.37. The minimum Gasteiger partial charge on any atom is -0.466 e. The first-order valence-corrected chi connectivity index (χ1v) is 14.7. The topological polar surface area (TPSA) is 41.6 Å². The lowest BCUT2D eigenvalue weighted by Crippen LogP contribution is -2.55. The molecule has 0 saturated heterocycles. The van der Waals surface area contributed by atoms with Crippen LogP contribution in [-0.4, -0.2) is 50.7 Å². The zero-order chi connectivity index (χ0) is 24.5. The summed E-state index contributed by atoms with van der Waals surface area (Å²) < 4.78 is 5.21. The molecule has 0 aromatic heterocycles. The molecule has 0 amide bonds. The number of ether oxygens (including phenoxy) is 1. The summed E-state index contributed by atoms with van der Waals surface area (Å²) in [5.41, 5.74) is 1.06. The fraction of sp³-hybridized carbons (Fsp3) is 0.967. The van der Waals surface area contributed by atoms with Crippen molar-refractivity contribution in [2.45, 2.75) is 104 Å². The van der Waals surface area contributed by atoms with Crippen molar-refractivity contribution in [3.63, 3.8) is 0 Å². The maximum atomic E-state index is 12.0. The van der Waals surface area contributed by atoms with Crippen molar-refractivity contribution in [1.82, 2.24) is 10.2 Å². The van der Waals surface area contributed by atoms with E-state index < -0.39 is 0 Å². The van der Waals surface area contributed by atoms with Gasteiger partial charge in [0.05, 0.1) is 6.61 Å². The van der Waals surface area contributed by atoms with Crippen LogP contribution in [0.15, 0.2) is 0 Å². The zero-order valence-electron chi connectivity index (χ0n) is 23.2. The summed E-state index contributed by atoms with van der Waals surface area (Å²) in [6, 6.07) is 0.736. The molecule has 1 N–H and O–H groups in total. The van der Waals surface area contributed by atoms with Gasteiger partial charge >= 0.3 is 5.97 Å². The van der Waals surface area contributed by atoms with Crippen LogP contribution in [0.25, 0.3) is 0 Å². The van der Waals surface area contributed by atoms with E-state index in [9.17, 15) is 4.79 Å². The Morgan fingerprint density at radius 3 is 2.50 bits per heavy atom. The van der Waals surface area contributed by atoms with E-state index in [2.05, 4.69) is 45.1 Å². The standard InChI is InChI=1S/C30H54N2O2/c1-7-34-28(33)13-8-21(2)25-11-12-26-24-10-9-22-20-23(31-18-19-32(5)6)14-16-29(22,3)27(24)15-17-30(25,26)4/h21-27,31H,7-20H2,1-6H3/t21-,22?,23?,24?,25-,26?,27?,29+,30-/m1/s1. The predicted molar refractivity (Wildman–Crippen MR) is 141 cm³/mol. The predicted octanol–water partition coefficient (Wildman–Crippen LogP) is 6.14. The van der Waals surface area contributed by atoms with Crippen molar-refractivity contribution in [2.75, 3.05) is 33.8 Å². The van der Waals surface area contributed by atoms with Crippen LogP contribution in [0.1, 0.15) is 98.3 Å². The Kier molecular flexibility index (Phi) is 8.39. The number of hydrogen-bond donors (Lipinski definition) is 1. The van der Waals surface area contributed by atoms with Gasteiger partial charge < -0.3 is 15.0 Å². The molecular formula is C30H54N2O2. The van der Waals surface area contributed by atoms with Gasteiger partial charge in [-0.05, 0) is 132 Å². The van der Waals surface area contributed by atoms with Crippen LogP contribution < -0.4 is 5.32 Å². The van der Waals surface area contributed by atoms with Gasteiger partial charge in [-0.3, -0.25) is 4.79 Å². The summed E-state index contributed by atoms with van der Waals surface area (Å²) in [5.74, 6) is 5.14. The average molecular weight is 475 g/mol. The van der Waals surface area contributed by atoms with Gasteiger partial charge in [0.1, 0.15) is 0 Å². The smallest absolute Gasteiger partial charge is 0.305 e. The summed E-state index contributed by atoms with van der Waals surface area (Å²) in [7, 11) is 4.35. The van der Waals surface area contributed by atoms with Gasteiger partial charge in [-0.15, -0.1) is 0 Å². The molecule has 9 atom stereocenters. The van der Waals surface area contributed by atoms with Crippen LogP contribution in [0.5, 0.6) is 0 Å². The van der Waals surface area contributed by atoms with Gasteiger partial charge in [0.15, 0.2) is 0 Å². The Bertz CT molecular complexity index is 695. The number of hydrogen-bond acceptors (Lipinski definition) is 4. The molecule has 0 aromatic rings. The second-order valence-corrected chi connectivity index (χ2v) is 13.4. The van der Waals surface area contributed by atoms with Crippen molar-refractivity contribution in [2.24, 2.45) is 46.3 Å². The van der Waals surface area contributed by atoms with E-state index in [0.29, 0.717) is 29.8 Å². The molecule has 4 aliphatic carbocycles. The molecule has 34 heavy (non-hydrogen) atoms. The van der Waals surface area contributed by atoms with Crippen molar-refractivity contribution in [3.8, 4) is 0 Å². The average Bonchev–Trinajstić information content (AvgIpc) is 3.15. The number of nitrogens with zero attached hydrogens (tertiary/aromatic N) is 1. The number of carbonyl (C=O) groups excluding carboxylic acids is 1. The summed E-state index contributed by atoms with van der Waals surface area (Å²) in [5, 5.41) is 3.89. The van der Waals surface area contributed by atoms with Gasteiger partial charge in [0.2, 0.25) is 0 Å². The first-order valence-electron chi connectivity index (χ1n) is 14.7. The SMILES string of the molecule is CCOC(=O)CC[C@@H](C)[C@H]1CCC2C3CCC4CC(NCCN(C)C)CC[C@]4(C)C3CC[C@@]21C. The number of esters is 1. The summed E-state index contributed by atoms with van der Waals surface area (Å²) in [6.45, 7) is 12.4. The number of rotatable bonds is 9. The number of carbonyl (C=O) groups is 1. The zero-order valence-corrected chi connectivity index (χ0v) is 23.2. The highest BCUT2D eigenvalue weighted by Crippen LogP contribution is 2.68. The lowest BCUT2D eigenvalue weighted by molar-refractivity contribution is -0.143. The molecule has 0 radical (unpaired) electrons. The van der Waals surface area contributed by atoms with E-state index in [1.807, 2.05) is 6.92 Å². The van der Waals surface area contributed by atoms with E-state index in [-0.39, 0.29) is 5.97 Å². The second-order valence-electron chi connectivity index (χ2n) is 13.4. The molecule has 4 heteroatoms. The lowest BCUT2D eigenvalue weighted by atomic mass is 9.44. The van der Waals surface area contributed by atoms with Crippen molar-refractivity contribution in [3.05, 3.63) is 0 Å². The molecule has 0 spiro atoms. The largest absolute Gasteiger partial charge is 0.466 e. The normalized spacial score (nSPS) is 42.6. The molecule has 0 aromatic carbocycles. The van der Waals surface area contributed by atoms with Crippen molar-refractivity contribution < 1.29 is 9.53 Å². The van der Waals surface area contributed by atoms with Crippen LogP contribution in [0.4, 0.5) is 0 Å². The molecule has 4 rings (SSSR count). The summed E-state index contributed by atoms with van der Waals surface area (Å²) in [6.07, 6.45) is 14.4. The third-order valence-electron chi connectivity index (χ3n) is 11.5. The van der Waals surface area contributed by atoms with Crippen LogP contribution in [0, 0.1) is 46.3 Å². The first-order chi connectivity index (χ1) is 16.2. The van der Waals surface area contributed by atoms with Crippen LogP contribution in [0.2, 0.25) is 0 Å². The Morgan fingerprint density at radius 2 is 1.76 bits per heavy atom. The number of likely N-dealkylation sites (N-methyl/N-ethyl adjacent to an activating group) is 1. The van der Waals surface area contributed by atoms with E-state index in [1.54, 1.807) is 0 Å². The molecule has 0 heterocycles. The second kappa shape index (κ2) is 10.8. The highest BCUT2D eigenvalue weighted by atomic mass is 16.5. The maximum absolute atomic E-state index is 12.0. The van der Waals surface area contributed by atoms with E-state index >= 15 is 0 Å². The third-order valence-corrected chi connectivity index (χ3v) is 11.5. The quantitative estimate of drug-likeness (QED) is 0.407. The molecule has 4 aliphatic rings. The molecule has 4 nitrogen and oxygen atoms in total. The van der Waals surface area contributed by atoms with E-state index in [1.165, 1.54) is 57.8 Å². The first kappa shape index (κ1) is 26.5. The van der Waals surface area contributed by atoms with Gasteiger partial charge in [-0.1, -0.05) is 20.8 Å². The molecule has 0 bridgehead atoms. The highest BCUT2D eigenvalue weighted by Gasteiger charge is 2.60. The highest BCUT2D eigenvalue weighted by molar-refractivity contribution is 5.69. The molecular weight excluding hydrogens is 420 g/mol. The number of fused-ring (bicyclic) bond motifs is 5. The number of nitrogens with one attached hydrogen (secondary N) is 1. The maximum Gasteiger partial charge on any atom is 0.305 e. The molecule has 0 aliphatic heterocycles. The summed E-state index contributed by atoms with van der Waals surface area (Å²) in [4.78, 5) is 14.3. The molecule has 5 unspecified atom stereocenters. The van der Waals surface area contributed by atoms with Gasteiger partial charge in [0.25, 0.3) is 0 Å². The van der Waals surface area contributed by atoms with Gasteiger partial charge in [-0.2, -0.15) is 0 Å². The Hall–Kier alpha value is -0.610. The minimum atomic E-state index is -0.00388. The van der Waals surface area contributed by atoms with Crippen molar-refractivity contribution >= 4 is 5.97 Å².